The summed E-state index contributed by atoms with van der Waals surface area (Å²) in [5.74, 6) is -1.30. The Balaban J connectivity index is 1.62. The van der Waals surface area contributed by atoms with Crippen LogP contribution in [-0.2, 0) is 4.74 Å². The standard InChI is InChI=1S/C18H18N4O5S/c1-18(2,3)27-17(26)22-7-6-21-16(25)10-8-9-13(23)11-12(20-5-4-19-11)14(24)15(9)28-10/h4-5,8H,6-7H2,1-3H3,(H,21,25)(H,22,26). The quantitative estimate of drug-likeness (QED) is 0.634. The highest BCUT2D eigenvalue weighted by atomic mass is 32.1. The molecular weight excluding hydrogens is 384 g/mol. The number of rotatable bonds is 4. The lowest BCUT2D eigenvalue weighted by Gasteiger charge is -2.19. The van der Waals surface area contributed by atoms with Crippen molar-refractivity contribution in [2.45, 2.75) is 26.4 Å². The van der Waals surface area contributed by atoms with Crippen LogP contribution in [0.3, 0.4) is 0 Å². The summed E-state index contributed by atoms with van der Waals surface area (Å²) in [4.78, 5) is 57.1. The van der Waals surface area contributed by atoms with Crippen molar-refractivity contribution < 1.29 is 23.9 Å². The summed E-state index contributed by atoms with van der Waals surface area (Å²) in [6.45, 7) is 5.57. The molecule has 2 aromatic heterocycles. The molecule has 1 aliphatic carbocycles. The van der Waals surface area contributed by atoms with Crippen molar-refractivity contribution in [1.29, 1.82) is 0 Å². The number of hydrogen-bond acceptors (Lipinski definition) is 8. The molecule has 0 radical (unpaired) electrons. The van der Waals surface area contributed by atoms with Crippen molar-refractivity contribution in [2.75, 3.05) is 13.1 Å². The van der Waals surface area contributed by atoms with E-state index in [-0.39, 0.29) is 39.8 Å². The molecule has 2 amide bonds. The number of thiophene rings is 1. The van der Waals surface area contributed by atoms with Gasteiger partial charge in [0.25, 0.3) is 5.91 Å². The molecule has 10 heteroatoms. The second-order valence-electron chi connectivity index (χ2n) is 6.95. The van der Waals surface area contributed by atoms with E-state index >= 15 is 0 Å². The Morgan fingerprint density at radius 3 is 2.29 bits per heavy atom. The van der Waals surface area contributed by atoms with Gasteiger partial charge in [-0.25, -0.2) is 14.8 Å². The monoisotopic (exact) mass is 402 g/mol. The third kappa shape index (κ3) is 4.06. The minimum Gasteiger partial charge on any atom is -0.444 e. The maximum absolute atomic E-state index is 12.5. The van der Waals surface area contributed by atoms with Gasteiger partial charge in [0.05, 0.1) is 9.75 Å². The molecule has 0 saturated carbocycles. The van der Waals surface area contributed by atoms with Crippen LogP contribution >= 0.6 is 11.3 Å². The number of ketones is 2. The summed E-state index contributed by atoms with van der Waals surface area (Å²) in [7, 11) is 0. The summed E-state index contributed by atoms with van der Waals surface area (Å²) in [6, 6.07) is 1.38. The maximum Gasteiger partial charge on any atom is 0.407 e. The average Bonchev–Trinajstić information content (AvgIpc) is 3.08. The predicted octanol–water partition coefficient (Wildman–Crippen LogP) is 1.57. The van der Waals surface area contributed by atoms with Crippen LogP contribution in [0.5, 0.6) is 0 Å². The topological polar surface area (TPSA) is 127 Å². The van der Waals surface area contributed by atoms with Crippen molar-refractivity contribution in [3.63, 3.8) is 0 Å². The first-order valence-electron chi connectivity index (χ1n) is 8.46. The highest BCUT2D eigenvalue weighted by Crippen LogP contribution is 2.31. The number of amides is 2. The van der Waals surface area contributed by atoms with Crippen molar-refractivity contribution >= 4 is 34.9 Å². The number of carbonyl (C=O) groups is 4. The van der Waals surface area contributed by atoms with Gasteiger partial charge in [0, 0.05) is 31.0 Å². The van der Waals surface area contributed by atoms with Gasteiger partial charge in [-0.2, -0.15) is 0 Å². The molecule has 0 aromatic carbocycles. The Bertz CT molecular complexity index is 924. The first-order chi connectivity index (χ1) is 13.2. The number of ether oxygens (including phenoxy) is 1. The van der Waals surface area contributed by atoms with Crippen LogP contribution in [0.25, 0.3) is 0 Å². The van der Waals surface area contributed by atoms with Crippen LogP contribution < -0.4 is 10.6 Å². The van der Waals surface area contributed by atoms with Crippen LogP contribution in [0.4, 0.5) is 4.79 Å². The van der Waals surface area contributed by atoms with Gasteiger partial charge in [0.15, 0.2) is 0 Å². The molecular formula is C18H18N4O5S. The van der Waals surface area contributed by atoms with Gasteiger partial charge in [0.2, 0.25) is 11.6 Å². The lowest BCUT2D eigenvalue weighted by molar-refractivity contribution is 0.0526. The van der Waals surface area contributed by atoms with Crippen LogP contribution in [0.2, 0.25) is 0 Å². The lowest BCUT2D eigenvalue weighted by Crippen LogP contribution is -2.37. The molecule has 0 bridgehead atoms. The van der Waals surface area contributed by atoms with Gasteiger partial charge in [-0.15, -0.1) is 11.3 Å². The SMILES string of the molecule is CC(C)(C)OC(=O)NCCNC(=O)c1cc2c(s1)C(=O)c1nccnc1C2=O. The molecule has 146 valence electrons. The van der Waals surface area contributed by atoms with E-state index < -0.39 is 29.2 Å². The zero-order valence-electron chi connectivity index (χ0n) is 15.5. The highest BCUT2D eigenvalue weighted by molar-refractivity contribution is 7.16. The second kappa shape index (κ2) is 7.47. The lowest BCUT2D eigenvalue weighted by atomic mass is 9.96. The predicted molar refractivity (Wildman–Crippen MR) is 99.8 cm³/mol. The fourth-order valence-electron chi connectivity index (χ4n) is 2.49. The molecule has 0 saturated heterocycles. The molecule has 1 aliphatic rings. The van der Waals surface area contributed by atoms with Gasteiger partial charge >= 0.3 is 6.09 Å². The summed E-state index contributed by atoms with van der Waals surface area (Å²) in [6.07, 6.45) is 2.10. The maximum atomic E-state index is 12.5. The van der Waals surface area contributed by atoms with E-state index in [0.717, 1.165) is 11.3 Å². The zero-order valence-corrected chi connectivity index (χ0v) is 16.3. The van der Waals surface area contributed by atoms with Crippen LogP contribution in [0, 0.1) is 0 Å². The summed E-state index contributed by atoms with van der Waals surface area (Å²) >= 11 is 0.929. The van der Waals surface area contributed by atoms with Crippen molar-refractivity contribution in [3.8, 4) is 0 Å². The molecule has 0 spiro atoms. The van der Waals surface area contributed by atoms with E-state index in [1.54, 1.807) is 20.8 Å². The number of nitrogens with zero attached hydrogens (tertiary/aromatic N) is 2. The Hall–Kier alpha value is -3.14. The minimum absolute atomic E-state index is 0.00429. The number of fused-ring (bicyclic) bond motifs is 2. The van der Waals surface area contributed by atoms with Gasteiger partial charge in [-0.1, -0.05) is 0 Å². The number of alkyl carbamates (subject to hydrolysis) is 1. The molecule has 0 unspecified atom stereocenters. The third-order valence-corrected chi connectivity index (χ3v) is 4.75. The highest BCUT2D eigenvalue weighted by Gasteiger charge is 2.35. The second-order valence-corrected chi connectivity index (χ2v) is 8.00. The molecule has 9 nitrogen and oxygen atoms in total. The van der Waals surface area contributed by atoms with Crippen LogP contribution in [0.15, 0.2) is 18.5 Å². The van der Waals surface area contributed by atoms with Gasteiger partial charge < -0.3 is 15.4 Å². The molecule has 3 rings (SSSR count). The first-order valence-corrected chi connectivity index (χ1v) is 9.28. The number of aromatic nitrogens is 2. The summed E-state index contributed by atoms with van der Waals surface area (Å²) in [5, 5.41) is 5.15. The van der Waals surface area contributed by atoms with E-state index in [1.165, 1.54) is 18.5 Å². The van der Waals surface area contributed by atoms with E-state index in [4.69, 9.17) is 4.74 Å². The average molecular weight is 402 g/mol. The van der Waals surface area contributed by atoms with Crippen molar-refractivity contribution in [1.82, 2.24) is 20.6 Å². The summed E-state index contributed by atoms with van der Waals surface area (Å²) in [5.41, 5.74) is -0.467. The van der Waals surface area contributed by atoms with Gasteiger partial charge in [-0.3, -0.25) is 14.4 Å². The van der Waals surface area contributed by atoms with E-state index in [0.29, 0.717) is 0 Å². The Morgan fingerprint density at radius 1 is 1.04 bits per heavy atom. The van der Waals surface area contributed by atoms with E-state index in [9.17, 15) is 19.2 Å². The molecule has 2 aromatic rings. The molecule has 0 aliphatic heterocycles. The zero-order chi connectivity index (χ0) is 20.5. The van der Waals surface area contributed by atoms with Crippen molar-refractivity contribution in [2.24, 2.45) is 0 Å². The number of hydrogen-bond donors (Lipinski definition) is 2. The Kier molecular flexibility index (Phi) is 5.23. The largest absolute Gasteiger partial charge is 0.444 e. The molecule has 2 heterocycles. The first kappa shape index (κ1) is 19.6. The third-order valence-electron chi connectivity index (χ3n) is 3.61. The van der Waals surface area contributed by atoms with E-state index in [1.807, 2.05) is 0 Å². The van der Waals surface area contributed by atoms with Gasteiger partial charge in [0.1, 0.15) is 17.0 Å². The van der Waals surface area contributed by atoms with Crippen LogP contribution in [0.1, 0.15) is 61.9 Å². The Labute approximate surface area is 164 Å². The fraction of sp³-hybridized carbons (Fsp3) is 0.333. The van der Waals surface area contributed by atoms with E-state index in [2.05, 4.69) is 20.6 Å². The smallest absolute Gasteiger partial charge is 0.407 e. The molecule has 2 N–H and O–H groups in total. The summed E-state index contributed by atoms with van der Waals surface area (Å²) < 4.78 is 5.09. The number of nitrogens with one attached hydrogen (secondary N) is 2. The Morgan fingerprint density at radius 2 is 1.64 bits per heavy atom. The van der Waals surface area contributed by atoms with Crippen LogP contribution in [-0.4, -0.2) is 52.2 Å². The molecule has 0 atom stereocenters. The normalized spacial score (nSPS) is 12.8. The molecule has 0 fully saturated rings. The van der Waals surface area contributed by atoms with Gasteiger partial charge in [-0.05, 0) is 26.8 Å². The number of carbonyl (C=O) groups excluding carboxylic acids is 4. The molecule has 28 heavy (non-hydrogen) atoms. The fourth-order valence-corrected chi connectivity index (χ4v) is 3.50. The van der Waals surface area contributed by atoms with Crippen molar-refractivity contribution in [3.05, 3.63) is 45.2 Å². The minimum atomic E-state index is -0.607.